The van der Waals surface area contributed by atoms with E-state index in [1.165, 1.54) is 19.3 Å². The van der Waals surface area contributed by atoms with Crippen molar-refractivity contribution >= 4 is 0 Å². The van der Waals surface area contributed by atoms with Crippen LogP contribution in [-0.4, -0.2) is 13.7 Å². The second-order valence-corrected chi connectivity index (χ2v) is 4.25. The summed E-state index contributed by atoms with van der Waals surface area (Å²) in [5, 5.41) is 8.86. The Kier molecular flexibility index (Phi) is 6.90. The van der Waals surface area contributed by atoms with E-state index in [-0.39, 0.29) is 0 Å². The first-order valence-electron chi connectivity index (χ1n) is 6.46. The molecule has 0 spiro atoms. The fourth-order valence-electron chi connectivity index (χ4n) is 1.77. The van der Waals surface area contributed by atoms with Crippen LogP contribution < -0.4 is 4.74 Å². The van der Waals surface area contributed by atoms with Gasteiger partial charge in [-0.3, -0.25) is 0 Å². The number of nitrogens with zero attached hydrogens (tertiary/aromatic N) is 1. The van der Waals surface area contributed by atoms with Gasteiger partial charge in [0, 0.05) is 12.2 Å². The molecule has 0 radical (unpaired) electrons. The molecule has 0 bridgehead atoms. The predicted octanol–water partition coefficient (Wildman–Crippen LogP) is 3.66. The Balaban J connectivity index is 2.43. The van der Waals surface area contributed by atoms with Gasteiger partial charge in [-0.05, 0) is 24.6 Å². The number of hydrogen-bond donors (Lipinski definition) is 0. The van der Waals surface area contributed by atoms with Gasteiger partial charge < -0.3 is 9.47 Å². The molecule has 0 unspecified atom stereocenters. The number of rotatable bonds is 8. The fourth-order valence-corrected chi connectivity index (χ4v) is 1.77. The minimum Gasteiger partial charge on any atom is -0.496 e. The van der Waals surface area contributed by atoms with Crippen LogP contribution in [0.3, 0.4) is 0 Å². The van der Waals surface area contributed by atoms with Crippen LogP contribution in [0.15, 0.2) is 18.2 Å². The SMILES string of the molecule is CCCCCCOCc1cc(C#N)ccc1OC. The molecule has 98 valence electrons. The van der Waals surface area contributed by atoms with E-state index >= 15 is 0 Å². The first-order chi connectivity index (χ1) is 8.81. The Hall–Kier alpha value is -1.53. The second kappa shape index (κ2) is 8.54. The molecule has 3 heteroatoms. The Morgan fingerprint density at radius 2 is 2.06 bits per heavy atom. The summed E-state index contributed by atoms with van der Waals surface area (Å²) < 4.78 is 10.9. The van der Waals surface area contributed by atoms with Gasteiger partial charge in [-0.15, -0.1) is 0 Å². The largest absolute Gasteiger partial charge is 0.496 e. The summed E-state index contributed by atoms with van der Waals surface area (Å²) in [5.74, 6) is 0.780. The highest BCUT2D eigenvalue weighted by molar-refractivity contribution is 5.41. The molecule has 0 amide bonds. The minimum atomic E-state index is 0.505. The molecule has 0 aromatic heterocycles. The maximum Gasteiger partial charge on any atom is 0.124 e. The molecule has 0 N–H and O–H groups in total. The monoisotopic (exact) mass is 247 g/mol. The average molecular weight is 247 g/mol. The van der Waals surface area contributed by atoms with Gasteiger partial charge in [0.25, 0.3) is 0 Å². The van der Waals surface area contributed by atoms with E-state index in [4.69, 9.17) is 14.7 Å². The summed E-state index contributed by atoms with van der Waals surface area (Å²) in [7, 11) is 1.63. The zero-order valence-electron chi connectivity index (χ0n) is 11.2. The Morgan fingerprint density at radius 3 is 2.72 bits per heavy atom. The number of methoxy groups -OCH3 is 1. The van der Waals surface area contributed by atoms with Crippen molar-refractivity contribution in [1.82, 2.24) is 0 Å². The lowest BCUT2D eigenvalue weighted by Crippen LogP contribution is -1.99. The number of ether oxygens (including phenoxy) is 2. The van der Waals surface area contributed by atoms with Crippen molar-refractivity contribution in [2.45, 2.75) is 39.2 Å². The Bertz CT molecular complexity index is 396. The molecule has 0 saturated heterocycles. The third-order valence-electron chi connectivity index (χ3n) is 2.81. The van der Waals surface area contributed by atoms with E-state index in [2.05, 4.69) is 13.0 Å². The molecule has 1 aromatic rings. The normalized spacial score (nSPS) is 10.1. The summed E-state index contributed by atoms with van der Waals surface area (Å²) in [6.45, 7) is 3.46. The lowest BCUT2D eigenvalue weighted by atomic mass is 10.1. The van der Waals surface area contributed by atoms with Gasteiger partial charge in [0.15, 0.2) is 0 Å². The molecule has 1 aromatic carbocycles. The van der Waals surface area contributed by atoms with Crippen molar-refractivity contribution in [2.75, 3.05) is 13.7 Å². The molecular weight excluding hydrogens is 226 g/mol. The van der Waals surface area contributed by atoms with Crippen LogP contribution in [0, 0.1) is 11.3 Å². The van der Waals surface area contributed by atoms with Gasteiger partial charge in [0.1, 0.15) is 5.75 Å². The first-order valence-corrected chi connectivity index (χ1v) is 6.46. The molecule has 0 fully saturated rings. The first kappa shape index (κ1) is 14.5. The number of nitriles is 1. The van der Waals surface area contributed by atoms with Gasteiger partial charge >= 0.3 is 0 Å². The van der Waals surface area contributed by atoms with E-state index in [9.17, 15) is 0 Å². The minimum absolute atomic E-state index is 0.505. The lowest BCUT2D eigenvalue weighted by Gasteiger charge is -2.09. The van der Waals surface area contributed by atoms with Crippen LogP contribution in [-0.2, 0) is 11.3 Å². The summed E-state index contributed by atoms with van der Waals surface area (Å²) >= 11 is 0. The van der Waals surface area contributed by atoms with Crippen molar-refractivity contribution in [2.24, 2.45) is 0 Å². The van der Waals surface area contributed by atoms with E-state index in [0.717, 1.165) is 24.3 Å². The van der Waals surface area contributed by atoms with Gasteiger partial charge in [-0.1, -0.05) is 26.2 Å². The third-order valence-corrected chi connectivity index (χ3v) is 2.81. The maximum absolute atomic E-state index is 8.86. The highest BCUT2D eigenvalue weighted by Gasteiger charge is 2.04. The van der Waals surface area contributed by atoms with Gasteiger partial charge in [0.05, 0.1) is 25.3 Å². The summed E-state index contributed by atoms with van der Waals surface area (Å²) in [4.78, 5) is 0. The van der Waals surface area contributed by atoms with Crippen molar-refractivity contribution in [3.05, 3.63) is 29.3 Å². The molecule has 0 aliphatic rings. The highest BCUT2D eigenvalue weighted by atomic mass is 16.5. The van der Waals surface area contributed by atoms with Crippen LogP contribution in [0.4, 0.5) is 0 Å². The van der Waals surface area contributed by atoms with Crippen molar-refractivity contribution < 1.29 is 9.47 Å². The standard InChI is InChI=1S/C15H21NO2/c1-3-4-5-6-9-18-12-14-10-13(11-16)7-8-15(14)17-2/h7-8,10H,3-6,9,12H2,1-2H3. The molecule has 0 saturated carbocycles. The van der Waals surface area contributed by atoms with Crippen LogP contribution in [0.25, 0.3) is 0 Å². The predicted molar refractivity (Wildman–Crippen MR) is 71.5 cm³/mol. The number of unbranched alkanes of at least 4 members (excludes halogenated alkanes) is 3. The molecule has 1 rings (SSSR count). The molecule has 0 aliphatic heterocycles. The zero-order chi connectivity index (χ0) is 13.2. The molecule has 0 aliphatic carbocycles. The summed E-state index contributed by atoms with van der Waals surface area (Å²) in [6.07, 6.45) is 4.80. The lowest BCUT2D eigenvalue weighted by molar-refractivity contribution is 0.115. The molecule has 18 heavy (non-hydrogen) atoms. The van der Waals surface area contributed by atoms with Crippen molar-refractivity contribution in [3.63, 3.8) is 0 Å². The Labute approximate surface area is 109 Å². The van der Waals surface area contributed by atoms with Crippen molar-refractivity contribution in [1.29, 1.82) is 5.26 Å². The van der Waals surface area contributed by atoms with Crippen molar-refractivity contribution in [3.8, 4) is 11.8 Å². The maximum atomic E-state index is 8.86. The molecule has 3 nitrogen and oxygen atoms in total. The molecule has 0 atom stereocenters. The second-order valence-electron chi connectivity index (χ2n) is 4.25. The third kappa shape index (κ3) is 4.77. The number of benzene rings is 1. The average Bonchev–Trinajstić information content (AvgIpc) is 2.42. The quantitative estimate of drug-likeness (QED) is 0.658. The topological polar surface area (TPSA) is 42.2 Å². The Morgan fingerprint density at radius 1 is 1.22 bits per heavy atom. The van der Waals surface area contributed by atoms with E-state index < -0.39 is 0 Å². The highest BCUT2D eigenvalue weighted by Crippen LogP contribution is 2.20. The van der Waals surface area contributed by atoms with Crippen LogP contribution in [0.5, 0.6) is 5.75 Å². The number of hydrogen-bond acceptors (Lipinski definition) is 3. The smallest absolute Gasteiger partial charge is 0.124 e. The van der Waals surface area contributed by atoms with Crippen LogP contribution >= 0.6 is 0 Å². The fraction of sp³-hybridized carbons (Fsp3) is 0.533. The van der Waals surface area contributed by atoms with E-state index in [1.807, 2.05) is 12.1 Å². The zero-order valence-corrected chi connectivity index (χ0v) is 11.2. The molecular formula is C15H21NO2. The van der Waals surface area contributed by atoms with Gasteiger partial charge in [-0.2, -0.15) is 5.26 Å². The molecule has 0 heterocycles. The van der Waals surface area contributed by atoms with Crippen LogP contribution in [0.2, 0.25) is 0 Å². The summed E-state index contributed by atoms with van der Waals surface area (Å²) in [5.41, 5.74) is 1.58. The summed E-state index contributed by atoms with van der Waals surface area (Å²) in [6, 6.07) is 7.52. The van der Waals surface area contributed by atoms with Gasteiger partial charge in [-0.25, -0.2) is 0 Å². The van der Waals surface area contributed by atoms with E-state index in [1.54, 1.807) is 13.2 Å². The van der Waals surface area contributed by atoms with E-state index in [0.29, 0.717) is 12.2 Å². The van der Waals surface area contributed by atoms with Crippen LogP contribution in [0.1, 0.15) is 43.7 Å². The van der Waals surface area contributed by atoms with Gasteiger partial charge in [0.2, 0.25) is 0 Å².